The fraction of sp³-hybridized carbons (Fsp3) is 0.350. The van der Waals surface area contributed by atoms with Crippen molar-refractivity contribution in [1.82, 2.24) is 15.5 Å². The first-order valence-electron chi connectivity index (χ1n) is 9.01. The highest BCUT2D eigenvalue weighted by Crippen LogP contribution is 2.24. The molecule has 1 aliphatic heterocycles. The first-order valence-corrected chi connectivity index (χ1v) is 9.01. The Morgan fingerprint density at radius 3 is 2.50 bits per heavy atom. The first-order chi connectivity index (χ1) is 13.1. The van der Waals surface area contributed by atoms with Gasteiger partial charge in [0.05, 0.1) is 0 Å². The fourth-order valence-corrected chi connectivity index (χ4v) is 2.95. The summed E-state index contributed by atoms with van der Waals surface area (Å²) in [5, 5.41) is 6.16. The minimum atomic E-state index is -1.02. The number of carbonyl (C=O) groups excluding carboxylic acids is 1. The molecule has 0 aromatic heterocycles. The molecule has 0 aliphatic carbocycles. The van der Waals surface area contributed by atoms with Crippen molar-refractivity contribution in [2.75, 3.05) is 39.3 Å². The molecule has 2 N–H and O–H groups in total. The van der Waals surface area contributed by atoms with Crippen molar-refractivity contribution in [1.29, 1.82) is 0 Å². The van der Waals surface area contributed by atoms with E-state index in [0.29, 0.717) is 12.1 Å². The van der Waals surface area contributed by atoms with Gasteiger partial charge in [-0.3, -0.25) is 9.69 Å². The third-order valence-corrected chi connectivity index (χ3v) is 4.42. The molecule has 0 radical (unpaired) electrons. The van der Waals surface area contributed by atoms with Crippen LogP contribution >= 0.6 is 12.4 Å². The van der Waals surface area contributed by atoms with Crippen LogP contribution < -0.4 is 15.4 Å². The number of ether oxygens (including phenoxy) is 1. The Hall–Kier alpha value is -2.22. The van der Waals surface area contributed by atoms with Crippen molar-refractivity contribution in [2.24, 2.45) is 0 Å². The molecule has 0 spiro atoms. The Kier molecular flexibility index (Phi) is 8.63. The third-order valence-electron chi connectivity index (χ3n) is 4.42. The molecule has 2 aromatic carbocycles. The van der Waals surface area contributed by atoms with E-state index in [1.165, 1.54) is 6.07 Å². The second-order valence-electron chi connectivity index (χ2n) is 6.37. The summed E-state index contributed by atoms with van der Waals surface area (Å²) in [6.45, 7) is 5.02. The van der Waals surface area contributed by atoms with Gasteiger partial charge < -0.3 is 15.4 Å². The molecule has 1 fully saturated rings. The van der Waals surface area contributed by atoms with Gasteiger partial charge in [-0.2, -0.15) is 0 Å². The van der Waals surface area contributed by atoms with Crippen molar-refractivity contribution >= 4 is 18.3 Å². The van der Waals surface area contributed by atoms with Crippen LogP contribution in [0.15, 0.2) is 48.5 Å². The van der Waals surface area contributed by atoms with Gasteiger partial charge >= 0.3 is 0 Å². The number of amides is 1. The first kappa shape index (κ1) is 22.1. The number of hydrogen-bond donors (Lipinski definition) is 2. The monoisotopic (exact) mass is 411 g/mol. The van der Waals surface area contributed by atoms with Crippen LogP contribution in [0.5, 0.6) is 5.75 Å². The molecule has 1 heterocycles. The predicted molar refractivity (Wildman–Crippen MR) is 106 cm³/mol. The van der Waals surface area contributed by atoms with E-state index in [1.807, 2.05) is 6.07 Å². The van der Waals surface area contributed by atoms with E-state index in [-0.39, 0.29) is 24.1 Å². The van der Waals surface area contributed by atoms with E-state index in [1.54, 1.807) is 24.3 Å². The maximum Gasteiger partial charge on any atom is 0.265 e. The maximum atomic E-state index is 13.5. The second-order valence-corrected chi connectivity index (χ2v) is 6.37. The van der Waals surface area contributed by atoms with E-state index in [0.717, 1.165) is 44.9 Å². The van der Waals surface area contributed by atoms with Crippen LogP contribution in [0.4, 0.5) is 8.78 Å². The molecule has 0 bridgehead atoms. The van der Waals surface area contributed by atoms with Gasteiger partial charge in [-0.25, -0.2) is 8.78 Å². The number of benzene rings is 2. The lowest BCUT2D eigenvalue weighted by atomic mass is 10.1. The lowest BCUT2D eigenvalue weighted by Gasteiger charge is -2.27. The lowest BCUT2D eigenvalue weighted by Crippen LogP contribution is -2.46. The third kappa shape index (κ3) is 6.15. The summed E-state index contributed by atoms with van der Waals surface area (Å²) < 4.78 is 32.3. The van der Waals surface area contributed by atoms with Crippen LogP contribution in [0.1, 0.15) is 11.7 Å². The zero-order chi connectivity index (χ0) is 19.1. The summed E-state index contributed by atoms with van der Waals surface area (Å²) in [4.78, 5) is 15.0. The molecule has 1 atom stereocenters. The molecular weight excluding hydrogens is 388 g/mol. The molecule has 1 unspecified atom stereocenters. The Labute approximate surface area is 169 Å². The van der Waals surface area contributed by atoms with E-state index in [2.05, 4.69) is 15.5 Å². The van der Waals surface area contributed by atoms with Crippen LogP contribution in [0.25, 0.3) is 0 Å². The van der Waals surface area contributed by atoms with Crippen LogP contribution in [0.2, 0.25) is 0 Å². The van der Waals surface area contributed by atoms with Crippen LogP contribution in [0, 0.1) is 11.6 Å². The van der Waals surface area contributed by atoms with E-state index in [9.17, 15) is 13.6 Å². The Morgan fingerprint density at radius 2 is 1.82 bits per heavy atom. The molecule has 5 nitrogen and oxygen atoms in total. The summed E-state index contributed by atoms with van der Waals surface area (Å²) in [6, 6.07) is 12.2. The molecule has 2 aromatic rings. The van der Waals surface area contributed by atoms with Crippen LogP contribution in [0.3, 0.4) is 0 Å². The van der Waals surface area contributed by atoms with Gasteiger partial charge in [-0.1, -0.05) is 30.3 Å². The highest BCUT2D eigenvalue weighted by Gasteiger charge is 2.23. The molecular formula is C20H24ClF2N3O2. The molecule has 3 rings (SSSR count). The predicted octanol–water partition coefficient (Wildman–Crippen LogP) is 2.53. The standard InChI is InChI=1S/C20H23F2N3O2.ClH/c21-17-7-6-16(14-18(17)22)27-19(15-4-2-1-3-5-15)20(26)24-10-13-25-11-8-23-9-12-25;/h1-7,14,19,23H,8-13H2,(H,24,26);1H. The molecule has 1 saturated heterocycles. The average molecular weight is 412 g/mol. The van der Waals surface area contributed by atoms with E-state index in [4.69, 9.17) is 4.74 Å². The normalized spacial score (nSPS) is 15.4. The molecule has 1 amide bonds. The van der Waals surface area contributed by atoms with Gasteiger partial charge in [0.2, 0.25) is 6.10 Å². The quantitative estimate of drug-likeness (QED) is 0.735. The van der Waals surface area contributed by atoms with Gasteiger partial charge in [0.1, 0.15) is 5.75 Å². The smallest absolute Gasteiger partial charge is 0.265 e. The number of nitrogens with zero attached hydrogens (tertiary/aromatic N) is 1. The number of halogens is 3. The maximum absolute atomic E-state index is 13.5. The van der Waals surface area contributed by atoms with Crippen molar-refractivity contribution < 1.29 is 18.3 Å². The zero-order valence-electron chi connectivity index (χ0n) is 15.4. The topological polar surface area (TPSA) is 53.6 Å². The second kappa shape index (κ2) is 10.9. The summed E-state index contributed by atoms with van der Waals surface area (Å²) in [5.41, 5.74) is 0.641. The summed E-state index contributed by atoms with van der Waals surface area (Å²) >= 11 is 0. The summed E-state index contributed by atoms with van der Waals surface area (Å²) in [6.07, 6.45) is -0.945. The number of rotatable bonds is 7. The summed E-state index contributed by atoms with van der Waals surface area (Å²) in [7, 11) is 0. The average Bonchev–Trinajstić information content (AvgIpc) is 2.70. The minimum absolute atomic E-state index is 0. The van der Waals surface area contributed by atoms with E-state index >= 15 is 0 Å². The molecule has 1 aliphatic rings. The molecule has 28 heavy (non-hydrogen) atoms. The number of nitrogens with one attached hydrogen (secondary N) is 2. The van der Waals surface area contributed by atoms with Gasteiger partial charge in [0, 0.05) is 50.9 Å². The molecule has 8 heteroatoms. The molecule has 0 saturated carbocycles. The largest absolute Gasteiger partial charge is 0.476 e. The number of carbonyl (C=O) groups is 1. The van der Waals surface area contributed by atoms with Gasteiger partial charge in [0.15, 0.2) is 11.6 Å². The molecule has 152 valence electrons. The SMILES string of the molecule is Cl.O=C(NCCN1CCNCC1)C(Oc1ccc(F)c(F)c1)c1ccccc1. The number of piperazine rings is 1. The minimum Gasteiger partial charge on any atom is -0.476 e. The van der Waals surface area contributed by atoms with Gasteiger partial charge in [0.25, 0.3) is 5.91 Å². The van der Waals surface area contributed by atoms with Crippen molar-refractivity contribution in [3.05, 3.63) is 65.7 Å². The zero-order valence-corrected chi connectivity index (χ0v) is 16.2. The van der Waals surface area contributed by atoms with Crippen LogP contribution in [-0.4, -0.2) is 50.1 Å². The van der Waals surface area contributed by atoms with Crippen molar-refractivity contribution in [3.8, 4) is 5.75 Å². The van der Waals surface area contributed by atoms with E-state index < -0.39 is 17.7 Å². The Bertz CT molecular complexity index is 758. The van der Waals surface area contributed by atoms with Gasteiger partial charge in [-0.15, -0.1) is 12.4 Å². The van der Waals surface area contributed by atoms with Crippen molar-refractivity contribution in [2.45, 2.75) is 6.10 Å². The van der Waals surface area contributed by atoms with Gasteiger partial charge in [-0.05, 0) is 12.1 Å². The highest BCUT2D eigenvalue weighted by molar-refractivity contribution is 5.85. The summed E-state index contributed by atoms with van der Waals surface area (Å²) in [5.74, 6) is -2.20. The Morgan fingerprint density at radius 1 is 1.11 bits per heavy atom. The number of hydrogen-bond acceptors (Lipinski definition) is 4. The lowest BCUT2D eigenvalue weighted by molar-refractivity contribution is -0.128. The Balaban J connectivity index is 0.00000280. The fourth-order valence-electron chi connectivity index (χ4n) is 2.95. The van der Waals surface area contributed by atoms with Crippen molar-refractivity contribution in [3.63, 3.8) is 0 Å². The van der Waals surface area contributed by atoms with Crippen LogP contribution in [-0.2, 0) is 4.79 Å². The highest BCUT2D eigenvalue weighted by atomic mass is 35.5.